The molecule has 0 aliphatic rings. The van der Waals surface area contributed by atoms with Gasteiger partial charge in [0.15, 0.2) is 0 Å². The van der Waals surface area contributed by atoms with Crippen molar-refractivity contribution in [2.45, 2.75) is 52.2 Å². The highest BCUT2D eigenvalue weighted by Crippen LogP contribution is 2.17. The normalized spacial score (nSPS) is 11.8. The first-order chi connectivity index (χ1) is 14.3. The predicted molar refractivity (Wildman–Crippen MR) is 116 cm³/mol. The van der Waals surface area contributed by atoms with E-state index in [1.54, 1.807) is 49.4 Å². The van der Waals surface area contributed by atoms with Crippen molar-refractivity contribution in [3.8, 4) is 5.75 Å². The molecule has 1 atom stereocenters. The molecule has 0 aliphatic heterocycles. The van der Waals surface area contributed by atoms with Gasteiger partial charge in [-0.3, -0.25) is 9.59 Å². The maximum Gasteiger partial charge on any atom is 0.242 e. The average Bonchev–Trinajstić information content (AvgIpc) is 2.70. The summed E-state index contributed by atoms with van der Waals surface area (Å²) in [5.74, 6) is -0.242. The largest absolute Gasteiger partial charge is 0.494 e. The van der Waals surface area contributed by atoms with Crippen molar-refractivity contribution < 1.29 is 18.7 Å². The van der Waals surface area contributed by atoms with Crippen LogP contribution in [0.4, 0.5) is 4.39 Å². The Kier molecular flexibility index (Phi) is 9.12. The third kappa shape index (κ3) is 7.34. The SMILES string of the molecule is CC(C)NC(=O)[C@@H](C)N(Cc1ccccc1F)C(=O)CCCOc1ccc(Cl)cc1. The molecule has 0 radical (unpaired) electrons. The van der Waals surface area contributed by atoms with Crippen LogP contribution in [0.3, 0.4) is 0 Å². The zero-order valence-electron chi connectivity index (χ0n) is 17.5. The van der Waals surface area contributed by atoms with Crippen molar-refractivity contribution in [1.82, 2.24) is 10.2 Å². The lowest BCUT2D eigenvalue weighted by molar-refractivity contribution is -0.141. The van der Waals surface area contributed by atoms with Crippen molar-refractivity contribution in [2.75, 3.05) is 6.61 Å². The van der Waals surface area contributed by atoms with Gasteiger partial charge < -0.3 is 15.0 Å². The van der Waals surface area contributed by atoms with E-state index in [4.69, 9.17) is 16.3 Å². The summed E-state index contributed by atoms with van der Waals surface area (Å²) in [5, 5.41) is 3.43. The summed E-state index contributed by atoms with van der Waals surface area (Å²) in [6.45, 7) is 5.72. The van der Waals surface area contributed by atoms with Crippen molar-refractivity contribution in [3.05, 3.63) is 64.9 Å². The van der Waals surface area contributed by atoms with Gasteiger partial charge in [0.05, 0.1) is 6.61 Å². The molecule has 2 amide bonds. The monoisotopic (exact) mass is 434 g/mol. The Morgan fingerprint density at radius 2 is 1.77 bits per heavy atom. The number of halogens is 2. The van der Waals surface area contributed by atoms with Crippen molar-refractivity contribution in [3.63, 3.8) is 0 Å². The Bertz CT molecular complexity index is 843. The molecule has 0 saturated carbocycles. The van der Waals surface area contributed by atoms with Gasteiger partial charge in [-0.25, -0.2) is 4.39 Å². The number of amides is 2. The predicted octanol–water partition coefficient (Wildman–Crippen LogP) is 4.58. The van der Waals surface area contributed by atoms with Crippen LogP contribution in [0.1, 0.15) is 39.2 Å². The highest BCUT2D eigenvalue weighted by atomic mass is 35.5. The molecule has 2 aromatic rings. The van der Waals surface area contributed by atoms with E-state index in [1.165, 1.54) is 11.0 Å². The van der Waals surface area contributed by atoms with Crippen LogP contribution in [0.25, 0.3) is 0 Å². The van der Waals surface area contributed by atoms with E-state index in [1.807, 2.05) is 13.8 Å². The second-order valence-electron chi connectivity index (χ2n) is 7.36. The second-order valence-corrected chi connectivity index (χ2v) is 7.79. The van der Waals surface area contributed by atoms with Crippen LogP contribution in [-0.2, 0) is 16.1 Å². The molecule has 2 rings (SSSR count). The van der Waals surface area contributed by atoms with Gasteiger partial charge >= 0.3 is 0 Å². The fourth-order valence-corrected chi connectivity index (χ4v) is 3.01. The molecule has 162 valence electrons. The Balaban J connectivity index is 2.00. The molecular formula is C23H28ClFN2O3. The van der Waals surface area contributed by atoms with Gasteiger partial charge in [0.1, 0.15) is 17.6 Å². The summed E-state index contributed by atoms with van der Waals surface area (Å²) in [6.07, 6.45) is 0.648. The Morgan fingerprint density at radius 1 is 1.10 bits per heavy atom. The van der Waals surface area contributed by atoms with Gasteiger partial charge in [-0.05, 0) is 57.5 Å². The van der Waals surface area contributed by atoms with E-state index in [0.717, 1.165) is 0 Å². The van der Waals surface area contributed by atoms with E-state index >= 15 is 0 Å². The third-order valence-corrected chi connectivity index (χ3v) is 4.77. The molecule has 0 aliphatic carbocycles. The molecule has 0 saturated heterocycles. The van der Waals surface area contributed by atoms with Crippen LogP contribution in [-0.4, -0.2) is 35.4 Å². The van der Waals surface area contributed by atoms with Crippen LogP contribution in [0.5, 0.6) is 5.75 Å². The first-order valence-corrected chi connectivity index (χ1v) is 10.4. The highest BCUT2D eigenvalue weighted by Gasteiger charge is 2.26. The van der Waals surface area contributed by atoms with E-state index in [0.29, 0.717) is 29.4 Å². The minimum Gasteiger partial charge on any atom is -0.494 e. The van der Waals surface area contributed by atoms with Gasteiger partial charge in [-0.2, -0.15) is 0 Å². The maximum absolute atomic E-state index is 14.1. The first-order valence-electron chi connectivity index (χ1n) is 9.99. The molecule has 30 heavy (non-hydrogen) atoms. The van der Waals surface area contributed by atoms with Crippen LogP contribution < -0.4 is 10.1 Å². The molecule has 0 spiro atoms. The average molecular weight is 435 g/mol. The number of rotatable bonds is 10. The number of nitrogens with one attached hydrogen (secondary N) is 1. The molecular weight excluding hydrogens is 407 g/mol. The number of benzene rings is 2. The first kappa shape index (κ1) is 23.7. The van der Waals surface area contributed by atoms with Crippen LogP contribution in [0, 0.1) is 5.82 Å². The Hall–Kier alpha value is -2.60. The lowest BCUT2D eigenvalue weighted by Gasteiger charge is -2.29. The maximum atomic E-state index is 14.1. The number of hydrogen-bond acceptors (Lipinski definition) is 3. The quantitative estimate of drug-likeness (QED) is 0.557. The van der Waals surface area contributed by atoms with E-state index < -0.39 is 11.9 Å². The van der Waals surface area contributed by atoms with Crippen molar-refractivity contribution in [1.29, 1.82) is 0 Å². The molecule has 0 unspecified atom stereocenters. The number of hydrogen-bond donors (Lipinski definition) is 1. The highest BCUT2D eigenvalue weighted by molar-refractivity contribution is 6.30. The Labute approximate surface area is 182 Å². The van der Waals surface area contributed by atoms with Gasteiger partial charge in [0, 0.05) is 29.6 Å². The summed E-state index contributed by atoms with van der Waals surface area (Å²) in [4.78, 5) is 26.8. The Morgan fingerprint density at radius 3 is 2.40 bits per heavy atom. The molecule has 1 N–H and O–H groups in total. The fourth-order valence-electron chi connectivity index (χ4n) is 2.89. The van der Waals surface area contributed by atoms with Crippen molar-refractivity contribution >= 4 is 23.4 Å². The minimum atomic E-state index is -0.725. The topological polar surface area (TPSA) is 58.6 Å². The van der Waals surface area contributed by atoms with E-state index in [-0.39, 0.29) is 30.8 Å². The molecule has 0 heterocycles. The minimum absolute atomic E-state index is 0.0240. The molecule has 0 bridgehead atoms. The molecule has 2 aromatic carbocycles. The molecule has 0 fully saturated rings. The number of nitrogens with zero attached hydrogens (tertiary/aromatic N) is 1. The lowest BCUT2D eigenvalue weighted by Crippen LogP contribution is -2.49. The number of carbonyl (C=O) groups excluding carboxylic acids is 2. The number of ether oxygens (including phenoxy) is 1. The summed E-state index contributed by atoms with van der Waals surface area (Å²) in [6, 6.07) is 12.5. The van der Waals surface area contributed by atoms with Gasteiger partial charge in [-0.15, -0.1) is 0 Å². The van der Waals surface area contributed by atoms with Crippen molar-refractivity contribution in [2.24, 2.45) is 0 Å². The third-order valence-electron chi connectivity index (χ3n) is 4.51. The lowest BCUT2D eigenvalue weighted by atomic mass is 10.1. The fraction of sp³-hybridized carbons (Fsp3) is 0.391. The van der Waals surface area contributed by atoms with E-state index in [9.17, 15) is 14.0 Å². The smallest absolute Gasteiger partial charge is 0.242 e. The summed E-state index contributed by atoms with van der Waals surface area (Å²) in [7, 11) is 0. The summed E-state index contributed by atoms with van der Waals surface area (Å²) < 4.78 is 19.8. The zero-order valence-corrected chi connectivity index (χ0v) is 18.3. The van der Waals surface area contributed by atoms with Crippen LogP contribution in [0.15, 0.2) is 48.5 Å². The van der Waals surface area contributed by atoms with Gasteiger partial charge in [0.2, 0.25) is 11.8 Å². The second kappa shape index (κ2) is 11.6. The van der Waals surface area contributed by atoms with Crippen LogP contribution >= 0.6 is 11.6 Å². The molecule has 5 nitrogen and oxygen atoms in total. The molecule has 7 heteroatoms. The van der Waals surface area contributed by atoms with Gasteiger partial charge in [0.25, 0.3) is 0 Å². The summed E-state index contributed by atoms with van der Waals surface area (Å²) >= 11 is 5.85. The summed E-state index contributed by atoms with van der Waals surface area (Å²) in [5.41, 5.74) is 0.368. The molecule has 0 aromatic heterocycles. The van der Waals surface area contributed by atoms with E-state index in [2.05, 4.69) is 5.32 Å². The number of carbonyl (C=O) groups is 2. The zero-order chi connectivity index (χ0) is 22.1. The van der Waals surface area contributed by atoms with Gasteiger partial charge in [-0.1, -0.05) is 29.8 Å². The van der Waals surface area contributed by atoms with Crippen LogP contribution in [0.2, 0.25) is 5.02 Å². The standard InChI is InChI=1S/C23H28ClFN2O3/c1-16(2)26-23(29)17(3)27(15-18-7-4-5-8-21(18)25)22(28)9-6-14-30-20-12-10-19(24)11-13-20/h4-5,7-8,10-13,16-17H,6,9,14-15H2,1-3H3,(H,26,29)/t17-/m1/s1.